The van der Waals surface area contributed by atoms with E-state index in [0.29, 0.717) is 25.0 Å². The summed E-state index contributed by atoms with van der Waals surface area (Å²) in [6.45, 7) is 9.30. The molecule has 2 heterocycles. The van der Waals surface area contributed by atoms with Crippen molar-refractivity contribution in [1.82, 2.24) is 14.7 Å². The summed E-state index contributed by atoms with van der Waals surface area (Å²) < 4.78 is 0. The molecule has 30 heavy (non-hydrogen) atoms. The lowest BCUT2D eigenvalue weighted by Gasteiger charge is -2.41. The van der Waals surface area contributed by atoms with Crippen molar-refractivity contribution in [2.24, 2.45) is 0 Å². The number of nitrogens with zero attached hydrogens (tertiary/aromatic N) is 4. The molecule has 0 radical (unpaired) electrons. The molecule has 6 heteroatoms. The van der Waals surface area contributed by atoms with Crippen molar-refractivity contribution in [2.45, 2.75) is 57.9 Å². The zero-order chi connectivity index (χ0) is 21.1. The smallest absolute Gasteiger partial charge is 0.325 e. The molecular weight excluding hydrogens is 376 g/mol. The fourth-order valence-corrected chi connectivity index (χ4v) is 5.05. The van der Waals surface area contributed by atoms with E-state index in [1.807, 2.05) is 17.0 Å². The first kappa shape index (κ1) is 21.2. The van der Waals surface area contributed by atoms with E-state index in [2.05, 4.69) is 30.9 Å². The van der Waals surface area contributed by atoms with Gasteiger partial charge in [-0.05, 0) is 36.5 Å². The van der Waals surface area contributed by atoms with Gasteiger partial charge in [0, 0.05) is 51.0 Å². The molecule has 2 aliphatic heterocycles. The van der Waals surface area contributed by atoms with E-state index >= 15 is 0 Å². The van der Waals surface area contributed by atoms with Crippen LogP contribution in [0.1, 0.15) is 57.4 Å². The van der Waals surface area contributed by atoms with Crippen molar-refractivity contribution in [1.29, 1.82) is 0 Å². The molecule has 0 unspecified atom stereocenters. The summed E-state index contributed by atoms with van der Waals surface area (Å²) in [5.74, 6) is 0.560. The minimum Gasteiger partial charge on any atom is -0.339 e. The average molecular weight is 413 g/mol. The highest BCUT2D eigenvalue weighted by atomic mass is 16.2. The van der Waals surface area contributed by atoms with Gasteiger partial charge in [0.15, 0.2) is 0 Å². The maximum Gasteiger partial charge on any atom is 0.325 e. The third-order valence-electron chi connectivity index (χ3n) is 7.05. The number of hydrogen-bond donors (Lipinski definition) is 0. The zero-order valence-corrected chi connectivity index (χ0v) is 18.6. The molecule has 0 bridgehead atoms. The topological polar surface area (TPSA) is 47.1 Å². The molecule has 2 saturated heterocycles. The van der Waals surface area contributed by atoms with E-state index in [9.17, 15) is 9.59 Å². The third-order valence-corrected chi connectivity index (χ3v) is 7.05. The van der Waals surface area contributed by atoms with E-state index in [1.54, 1.807) is 9.80 Å². The van der Waals surface area contributed by atoms with Gasteiger partial charge in [-0.15, -0.1) is 0 Å². The Balaban J connectivity index is 1.27. The van der Waals surface area contributed by atoms with Gasteiger partial charge < -0.3 is 9.80 Å². The Bertz CT molecular complexity index is 734. The van der Waals surface area contributed by atoms with E-state index < -0.39 is 0 Å². The van der Waals surface area contributed by atoms with Crippen LogP contribution in [0.3, 0.4) is 0 Å². The first-order valence-corrected chi connectivity index (χ1v) is 11.7. The molecule has 1 aromatic rings. The van der Waals surface area contributed by atoms with Crippen LogP contribution >= 0.6 is 0 Å². The van der Waals surface area contributed by atoms with Crippen LogP contribution in [0.4, 0.5) is 10.5 Å². The van der Waals surface area contributed by atoms with Gasteiger partial charge in [-0.2, -0.15) is 0 Å². The number of anilines is 1. The predicted octanol–water partition coefficient (Wildman–Crippen LogP) is 3.53. The SMILES string of the molecule is CC(C)c1ccc(N2CCN(CC(=O)N3CCN(C4CCCCC4)CC3)C2=O)cc1. The summed E-state index contributed by atoms with van der Waals surface area (Å²) in [7, 11) is 0. The first-order valence-electron chi connectivity index (χ1n) is 11.7. The molecule has 0 atom stereocenters. The molecule has 4 rings (SSSR count). The van der Waals surface area contributed by atoms with Crippen LogP contribution in [0.5, 0.6) is 0 Å². The monoisotopic (exact) mass is 412 g/mol. The Kier molecular flexibility index (Phi) is 6.61. The standard InChI is InChI=1S/C24H36N4O2/c1-19(2)20-8-10-22(11-9-20)28-17-16-27(24(28)30)18-23(29)26-14-12-25(13-15-26)21-6-4-3-5-7-21/h8-11,19,21H,3-7,12-18H2,1-2H3. The zero-order valence-electron chi connectivity index (χ0n) is 18.6. The van der Waals surface area contributed by atoms with Crippen LogP contribution in [0.25, 0.3) is 0 Å². The van der Waals surface area contributed by atoms with Gasteiger partial charge in [0.05, 0.1) is 0 Å². The highest BCUT2D eigenvalue weighted by Crippen LogP contribution is 2.25. The normalized spacial score (nSPS) is 21.7. The molecule has 3 aliphatic rings. The van der Waals surface area contributed by atoms with E-state index in [1.165, 1.54) is 37.7 Å². The molecule has 1 saturated carbocycles. The number of rotatable bonds is 5. The largest absolute Gasteiger partial charge is 0.339 e. The van der Waals surface area contributed by atoms with E-state index in [4.69, 9.17) is 0 Å². The number of amides is 3. The summed E-state index contributed by atoms with van der Waals surface area (Å²) in [5, 5.41) is 0. The lowest BCUT2D eigenvalue weighted by atomic mass is 9.94. The summed E-state index contributed by atoms with van der Waals surface area (Å²) in [6.07, 6.45) is 6.68. The Hall–Kier alpha value is -2.08. The van der Waals surface area contributed by atoms with Crippen LogP contribution < -0.4 is 4.90 Å². The molecule has 3 amide bonds. The van der Waals surface area contributed by atoms with Crippen molar-refractivity contribution in [2.75, 3.05) is 50.7 Å². The summed E-state index contributed by atoms with van der Waals surface area (Å²) in [4.78, 5) is 33.7. The second-order valence-electron chi connectivity index (χ2n) is 9.31. The van der Waals surface area contributed by atoms with Gasteiger partial charge in [0.2, 0.25) is 5.91 Å². The van der Waals surface area contributed by atoms with Crippen molar-refractivity contribution >= 4 is 17.6 Å². The van der Waals surface area contributed by atoms with Gasteiger partial charge in [-0.25, -0.2) is 4.79 Å². The Morgan fingerprint density at radius 2 is 1.60 bits per heavy atom. The van der Waals surface area contributed by atoms with Gasteiger partial charge in [0.1, 0.15) is 6.54 Å². The van der Waals surface area contributed by atoms with Crippen LogP contribution in [0.2, 0.25) is 0 Å². The Morgan fingerprint density at radius 3 is 2.23 bits per heavy atom. The molecule has 0 spiro atoms. The van der Waals surface area contributed by atoms with Gasteiger partial charge in [-0.3, -0.25) is 14.6 Å². The maximum atomic E-state index is 12.9. The average Bonchev–Trinajstić information content (AvgIpc) is 3.14. The minimum atomic E-state index is -0.0542. The molecule has 0 N–H and O–H groups in total. The molecule has 1 aliphatic carbocycles. The van der Waals surface area contributed by atoms with Gasteiger partial charge in [-0.1, -0.05) is 45.2 Å². The number of hydrogen-bond acceptors (Lipinski definition) is 3. The molecular formula is C24H36N4O2. The number of urea groups is 1. The fourth-order valence-electron chi connectivity index (χ4n) is 5.05. The maximum absolute atomic E-state index is 12.9. The third kappa shape index (κ3) is 4.64. The Labute approximate surface area is 180 Å². The van der Waals surface area contributed by atoms with Crippen LogP contribution in [0.15, 0.2) is 24.3 Å². The van der Waals surface area contributed by atoms with E-state index in [-0.39, 0.29) is 18.5 Å². The minimum absolute atomic E-state index is 0.0542. The number of carbonyl (C=O) groups excluding carboxylic acids is 2. The van der Waals surface area contributed by atoms with Crippen LogP contribution in [0, 0.1) is 0 Å². The number of piperazine rings is 1. The molecule has 3 fully saturated rings. The van der Waals surface area contributed by atoms with E-state index in [0.717, 1.165) is 31.9 Å². The second-order valence-corrected chi connectivity index (χ2v) is 9.31. The van der Waals surface area contributed by atoms with Crippen LogP contribution in [-0.2, 0) is 4.79 Å². The molecule has 0 aromatic heterocycles. The molecule has 6 nitrogen and oxygen atoms in total. The summed E-state index contributed by atoms with van der Waals surface area (Å²) >= 11 is 0. The second kappa shape index (κ2) is 9.38. The fraction of sp³-hybridized carbons (Fsp3) is 0.667. The lowest BCUT2D eigenvalue weighted by molar-refractivity contribution is -0.133. The summed E-state index contributed by atoms with van der Waals surface area (Å²) in [6, 6.07) is 8.87. The first-order chi connectivity index (χ1) is 14.5. The highest BCUT2D eigenvalue weighted by Gasteiger charge is 2.33. The van der Waals surface area contributed by atoms with Gasteiger partial charge in [0.25, 0.3) is 0 Å². The van der Waals surface area contributed by atoms with Crippen molar-refractivity contribution in [3.8, 4) is 0 Å². The number of benzene rings is 1. The quantitative estimate of drug-likeness (QED) is 0.743. The lowest BCUT2D eigenvalue weighted by Crippen LogP contribution is -2.54. The van der Waals surface area contributed by atoms with Crippen LogP contribution in [-0.4, -0.2) is 78.5 Å². The molecule has 164 valence electrons. The predicted molar refractivity (Wildman–Crippen MR) is 120 cm³/mol. The Morgan fingerprint density at radius 1 is 0.933 bits per heavy atom. The van der Waals surface area contributed by atoms with Crippen molar-refractivity contribution < 1.29 is 9.59 Å². The van der Waals surface area contributed by atoms with Crippen molar-refractivity contribution in [3.05, 3.63) is 29.8 Å². The highest BCUT2D eigenvalue weighted by molar-refractivity contribution is 5.96. The van der Waals surface area contributed by atoms with Gasteiger partial charge >= 0.3 is 6.03 Å². The van der Waals surface area contributed by atoms with Crippen molar-refractivity contribution in [3.63, 3.8) is 0 Å². The number of carbonyl (C=O) groups is 2. The molecule has 1 aromatic carbocycles. The summed E-state index contributed by atoms with van der Waals surface area (Å²) in [5.41, 5.74) is 2.19.